The Hall–Kier alpha value is -0.590. The molecule has 0 spiro atoms. The molecule has 0 saturated heterocycles. The number of hydrogen-bond acceptors (Lipinski definition) is 3. The highest BCUT2D eigenvalue weighted by Crippen LogP contribution is 2.37. The van der Waals surface area contributed by atoms with E-state index in [1.165, 1.54) is 32.1 Å². The van der Waals surface area contributed by atoms with E-state index in [0.717, 1.165) is 39.0 Å². The number of ether oxygens (including phenoxy) is 1. The molecule has 0 aromatic rings. The summed E-state index contributed by atoms with van der Waals surface area (Å²) >= 11 is 0. The van der Waals surface area contributed by atoms with Crippen molar-refractivity contribution < 1.29 is 4.74 Å². The van der Waals surface area contributed by atoms with Crippen LogP contribution in [0.4, 0.5) is 0 Å². The first-order valence-electron chi connectivity index (χ1n) is 8.96. The summed E-state index contributed by atoms with van der Waals surface area (Å²) in [6.45, 7) is 9.17. The van der Waals surface area contributed by atoms with E-state index in [1.807, 2.05) is 0 Å². The lowest BCUT2D eigenvalue weighted by Crippen LogP contribution is -2.47. The smallest absolute Gasteiger partial charge is 0.109 e. The third-order valence-corrected chi connectivity index (χ3v) is 5.02. The average molecular weight is 294 g/mol. The van der Waals surface area contributed by atoms with Gasteiger partial charge in [0.2, 0.25) is 0 Å². The first-order valence-corrected chi connectivity index (χ1v) is 8.96. The molecule has 0 aromatic heterocycles. The predicted octanol–water partition coefficient (Wildman–Crippen LogP) is 4.28. The van der Waals surface area contributed by atoms with Gasteiger partial charge in [-0.25, -0.2) is 0 Å². The molecule has 21 heavy (non-hydrogen) atoms. The SMILES string of the molecule is CCCCC(CC)COCCC1CCCC1(C#N)NCC. The second kappa shape index (κ2) is 10.2. The van der Waals surface area contributed by atoms with Crippen LogP contribution in [0.2, 0.25) is 0 Å². The van der Waals surface area contributed by atoms with Gasteiger partial charge in [-0.1, -0.05) is 46.5 Å². The lowest BCUT2D eigenvalue weighted by atomic mass is 9.86. The number of nitriles is 1. The highest BCUT2D eigenvalue weighted by Gasteiger charge is 2.42. The molecular formula is C18H34N2O. The van der Waals surface area contributed by atoms with Crippen molar-refractivity contribution in [1.29, 1.82) is 5.26 Å². The maximum Gasteiger partial charge on any atom is 0.109 e. The second-order valence-corrected chi connectivity index (χ2v) is 6.48. The summed E-state index contributed by atoms with van der Waals surface area (Å²) in [6, 6.07) is 2.55. The third kappa shape index (κ3) is 5.60. The Balaban J connectivity index is 2.29. The normalized spacial score (nSPS) is 26.7. The van der Waals surface area contributed by atoms with Crippen LogP contribution in [0, 0.1) is 23.2 Å². The van der Waals surface area contributed by atoms with E-state index in [2.05, 4.69) is 32.2 Å². The van der Waals surface area contributed by atoms with Crippen molar-refractivity contribution in [3.05, 3.63) is 0 Å². The number of hydrogen-bond donors (Lipinski definition) is 1. The number of nitrogens with zero attached hydrogens (tertiary/aromatic N) is 1. The zero-order valence-corrected chi connectivity index (χ0v) is 14.3. The van der Waals surface area contributed by atoms with Crippen LogP contribution in [0.5, 0.6) is 0 Å². The van der Waals surface area contributed by atoms with Crippen molar-refractivity contribution in [2.24, 2.45) is 11.8 Å². The molecule has 1 aliphatic carbocycles. The standard InChI is InChI=1S/C18H34N2O/c1-4-7-9-16(5-2)14-21-13-11-17-10-8-12-18(17,15-19)20-6-3/h16-17,20H,4-14H2,1-3H3. The minimum Gasteiger partial charge on any atom is -0.381 e. The summed E-state index contributed by atoms with van der Waals surface area (Å²) in [7, 11) is 0. The van der Waals surface area contributed by atoms with Crippen LogP contribution in [0.25, 0.3) is 0 Å². The van der Waals surface area contributed by atoms with E-state index < -0.39 is 0 Å². The summed E-state index contributed by atoms with van der Waals surface area (Å²) in [5.41, 5.74) is -0.287. The fraction of sp³-hybridized carbons (Fsp3) is 0.944. The lowest BCUT2D eigenvalue weighted by molar-refractivity contribution is 0.0782. The highest BCUT2D eigenvalue weighted by molar-refractivity contribution is 5.13. The minimum atomic E-state index is -0.287. The topological polar surface area (TPSA) is 45.0 Å². The van der Waals surface area contributed by atoms with Crippen LogP contribution in [0.1, 0.15) is 72.1 Å². The first kappa shape index (κ1) is 18.5. The number of nitrogens with one attached hydrogen (secondary N) is 1. The largest absolute Gasteiger partial charge is 0.381 e. The van der Waals surface area contributed by atoms with Crippen LogP contribution in [0.15, 0.2) is 0 Å². The Morgan fingerprint density at radius 2 is 2.19 bits per heavy atom. The van der Waals surface area contributed by atoms with Crippen molar-refractivity contribution in [3.63, 3.8) is 0 Å². The van der Waals surface area contributed by atoms with Crippen LogP contribution in [-0.4, -0.2) is 25.3 Å². The van der Waals surface area contributed by atoms with Crippen molar-refractivity contribution >= 4 is 0 Å². The molecule has 3 nitrogen and oxygen atoms in total. The zero-order valence-electron chi connectivity index (χ0n) is 14.3. The second-order valence-electron chi connectivity index (χ2n) is 6.48. The molecule has 1 saturated carbocycles. The van der Waals surface area contributed by atoms with Crippen LogP contribution in [0.3, 0.4) is 0 Å². The van der Waals surface area contributed by atoms with Crippen LogP contribution in [-0.2, 0) is 4.74 Å². The molecule has 0 bridgehead atoms. The van der Waals surface area contributed by atoms with E-state index in [4.69, 9.17) is 4.74 Å². The molecule has 0 heterocycles. The summed E-state index contributed by atoms with van der Waals surface area (Å²) in [5, 5.41) is 13.0. The van der Waals surface area contributed by atoms with Crippen molar-refractivity contribution in [2.75, 3.05) is 19.8 Å². The van der Waals surface area contributed by atoms with Gasteiger partial charge in [0, 0.05) is 13.2 Å². The molecule has 122 valence electrons. The zero-order chi connectivity index (χ0) is 15.6. The van der Waals surface area contributed by atoms with Gasteiger partial charge in [0.25, 0.3) is 0 Å². The Morgan fingerprint density at radius 3 is 2.81 bits per heavy atom. The number of unbranched alkanes of at least 4 members (excludes halogenated alkanes) is 1. The van der Waals surface area contributed by atoms with E-state index >= 15 is 0 Å². The molecule has 3 unspecified atom stereocenters. The molecule has 0 aromatic carbocycles. The van der Waals surface area contributed by atoms with Crippen molar-refractivity contribution in [3.8, 4) is 6.07 Å². The Labute approximate surface area is 131 Å². The van der Waals surface area contributed by atoms with Crippen molar-refractivity contribution in [2.45, 2.75) is 77.7 Å². The average Bonchev–Trinajstić information content (AvgIpc) is 2.90. The van der Waals surface area contributed by atoms with Crippen LogP contribution >= 0.6 is 0 Å². The van der Waals surface area contributed by atoms with Gasteiger partial charge in [0.1, 0.15) is 5.54 Å². The first-order chi connectivity index (χ1) is 10.2. The van der Waals surface area contributed by atoms with Gasteiger partial charge in [-0.15, -0.1) is 0 Å². The van der Waals surface area contributed by atoms with Gasteiger partial charge in [0.15, 0.2) is 0 Å². The fourth-order valence-corrected chi connectivity index (χ4v) is 3.58. The fourth-order valence-electron chi connectivity index (χ4n) is 3.58. The molecule has 0 amide bonds. The van der Waals surface area contributed by atoms with Crippen molar-refractivity contribution in [1.82, 2.24) is 5.32 Å². The summed E-state index contributed by atoms with van der Waals surface area (Å²) < 4.78 is 5.92. The molecule has 1 N–H and O–H groups in total. The van der Waals surface area contributed by atoms with Gasteiger partial charge >= 0.3 is 0 Å². The highest BCUT2D eigenvalue weighted by atomic mass is 16.5. The van der Waals surface area contributed by atoms with E-state index in [9.17, 15) is 5.26 Å². The quantitative estimate of drug-likeness (QED) is 0.578. The minimum absolute atomic E-state index is 0.287. The van der Waals surface area contributed by atoms with E-state index in [1.54, 1.807) is 0 Å². The van der Waals surface area contributed by atoms with Gasteiger partial charge in [-0.2, -0.15) is 5.26 Å². The van der Waals surface area contributed by atoms with Gasteiger partial charge in [0.05, 0.1) is 6.07 Å². The Bertz CT molecular complexity index is 313. The van der Waals surface area contributed by atoms with Gasteiger partial charge < -0.3 is 4.74 Å². The molecule has 1 rings (SSSR count). The molecule has 3 atom stereocenters. The maximum atomic E-state index is 9.54. The summed E-state index contributed by atoms with van der Waals surface area (Å²) in [4.78, 5) is 0. The number of rotatable bonds is 11. The lowest BCUT2D eigenvalue weighted by Gasteiger charge is -2.29. The van der Waals surface area contributed by atoms with Gasteiger partial charge in [-0.3, -0.25) is 5.32 Å². The van der Waals surface area contributed by atoms with Crippen LogP contribution < -0.4 is 5.32 Å². The monoisotopic (exact) mass is 294 g/mol. The van der Waals surface area contributed by atoms with E-state index in [-0.39, 0.29) is 5.54 Å². The summed E-state index contributed by atoms with van der Waals surface area (Å²) in [5.74, 6) is 1.17. The summed E-state index contributed by atoms with van der Waals surface area (Å²) in [6.07, 6.45) is 9.42. The Morgan fingerprint density at radius 1 is 1.38 bits per heavy atom. The molecular weight excluding hydrogens is 260 g/mol. The van der Waals surface area contributed by atoms with Gasteiger partial charge in [-0.05, 0) is 44.1 Å². The molecule has 0 aliphatic heterocycles. The molecule has 1 aliphatic rings. The molecule has 3 heteroatoms. The third-order valence-electron chi connectivity index (χ3n) is 5.02. The molecule has 1 fully saturated rings. The predicted molar refractivity (Wildman–Crippen MR) is 88.1 cm³/mol. The van der Waals surface area contributed by atoms with E-state index in [0.29, 0.717) is 11.8 Å². The Kier molecular flexibility index (Phi) is 8.96. The maximum absolute atomic E-state index is 9.54. The molecule has 0 radical (unpaired) electrons.